The average Bonchev–Trinajstić information content (AvgIpc) is 2.88. The van der Waals surface area contributed by atoms with Crippen LogP contribution < -0.4 is 10.6 Å². The Morgan fingerprint density at radius 2 is 2.10 bits per heavy atom. The molecule has 0 spiro atoms. The number of carbonyl (C=O) groups is 2. The Hall–Kier alpha value is -1.63. The van der Waals surface area contributed by atoms with Gasteiger partial charge in [0.2, 0.25) is 0 Å². The van der Waals surface area contributed by atoms with Crippen molar-refractivity contribution in [3.05, 3.63) is 16.6 Å². The Kier molecular flexibility index (Phi) is 7.14. The van der Waals surface area contributed by atoms with Crippen molar-refractivity contribution in [2.45, 2.75) is 39.7 Å². The number of carbonyl (C=O) groups excluding carboxylic acids is 1. The second-order valence-electron chi connectivity index (χ2n) is 5.54. The number of hydrogen-bond acceptors (Lipinski definition) is 4. The molecular formula is C14H23N3O3S. The summed E-state index contributed by atoms with van der Waals surface area (Å²) in [6.45, 7) is 6.31. The van der Waals surface area contributed by atoms with Crippen LogP contribution in [-0.4, -0.2) is 28.6 Å². The monoisotopic (exact) mass is 313 g/mol. The SMILES string of the molecule is CC(C)C[C@H](CNC(=O)NC(C)c1nccs1)CC(=O)O. The first-order valence-corrected chi connectivity index (χ1v) is 7.92. The van der Waals surface area contributed by atoms with Crippen LogP contribution in [0.5, 0.6) is 0 Å². The van der Waals surface area contributed by atoms with Crippen LogP contribution in [0.3, 0.4) is 0 Å². The fourth-order valence-corrected chi connectivity index (χ4v) is 2.79. The highest BCUT2D eigenvalue weighted by atomic mass is 32.1. The number of urea groups is 1. The Morgan fingerprint density at radius 3 is 2.62 bits per heavy atom. The molecule has 0 bridgehead atoms. The molecule has 118 valence electrons. The summed E-state index contributed by atoms with van der Waals surface area (Å²) in [5.41, 5.74) is 0. The van der Waals surface area contributed by atoms with Gasteiger partial charge in [-0.1, -0.05) is 13.8 Å². The molecule has 0 saturated carbocycles. The number of rotatable bonds is 8. The van der Waals surface area contributed by atoms with Crippen LogP contribution in [-0.2, 0) is 4.79 Å². The van der Waals surface area contributed by atoms with E-state index >= 15 is 0 Å². The Balaban J connectivity index is 2.40. The third kappa shape index (κ3) is 7.08. The number of nitrogens with zero attached hydrogens (tertiary/aromatic N) is 1. The summed E-state index contributed by atoms with van der Waals surface area (Å²) in [5.74, 6) is -0.490. The number of hydrogen-bond donors (Lipinski definition) is 3. The third-order valence-corrected chi connectivity index (χ3v) is 3.95. The van der Waals surface area contributed by atoms with E-state index in [1.165, 1.54) is 11.3 Å². The van der Waals surface area contributed by atoms with Crippen molar-refractivity contribution in [2.24, 2.45) is 11.8 Å². The molecule has 1 rings (SSSR count). The molecule has 2 amide bonds. The zero-order valence-corrected chi connectivity index (χ0v) is 13.4. The molecule has 1 unspecified atom stereocenters. The topological polar surface area (TPSA) is 91.3 Å². The summed E-state index contributed by atoms with van der Waals surface area (Å²) in [6, 6.07) is -0.454. The normalized spacial score (nSPS) is 13.7. The molecule has 0 aromatic carbocycles. The van der Waals surface area contributed by atoms with E-state index in [0.717, 1.165) is 11.4 Å². The van der Waals surface area contributed by atoms with Gasteiger partial charge < -0.3 is 15.7 Å². The van der Waals surface area contributed by atoms with Gasteiger partial charge in [0, 0.05) is 24.5 Å². The van der Waals surface area contributed by atoms with E-state index in [2.05, 4.69) is 15.6 Å². The molecule has 6 nitrogen and oxygen atoms in total. The Labute approximate surface area is 129 Å². The fourth-order valence-electron chi connectivity index (χ4n) is 2.15. The molecule has 21 heavy (non-hydrogen) atoms. The lowest BCUT2D eigenvalue weighted by Crippen LogP contribution is -2.40. The molecule has 2 atom stereocenters. The van der Waals surface area contributed by atoms with Gasteiger partial charge in [-0.05, 0) is 25.2 Å². The van der Waals surface area contributed by atoms with E-state index in [-0.39, 0.29) is 24.4 Å². The first-order valence-electron chi connectivity index (χ1n) is 7.04. The van der Waals surface area contributed by atoms with Crippen LogP contribution in [0.25, 0.3) is 0 Å². The maximum Gasteiger partial charge on any atom is 0.315 e. The molecule has 7 heteroatoms. The summed E-state index contributed by atoms with van der Waals surface area (Å²) in [5, 5.41) is 17.1. The van der Waals surface area contributed by atoms with Crippen molar-refractivity contribution < 1.29 is 14.7 Å². The number of thiazole rings is 1. The number of amides is 2. The first-order chi connectivity index (χ1) is 9.88. The van der Waals surface area contributed by atoms with Crippen molar-refractivity contribution in [2.75, 3.05) is 6.54 Å². The summed E-state index contributed by atoms with van der Waals surface area (Å²) in [7, 11) is 0. The number of nitrogens with one attached hydrogen (secondary N) is 2. The van der Waals surface area contributed by atoms with Gasteiger partial charge in [0.15, 0.2) is 0 Å². The molecular weight excluding hydrogens is 290 g/mol. The zero-order valence-electron chi connectivity index (χ0n) is 12.6. The highest BCUT2D eigenvalue weighted by molar-refractivity contribution is 7.09. The largest absolute Gasteiger partial charge is 0.481 e. The fraction of sp³-hybridized carbons (Fsp3) is 0.643. The van der Waals surface area contributed by atoms with Gasteiger partial charge in [-0.2, -0.15) is 0 Å². The van der Waals surface area contributed by atoms with E-state index in [1.54, 1.807) is 6.20 Å². The molecule has 1 heterocycles. The molecule has 0 aliphatic heterocycles. The summed E-state index contributed by atoms with van der Waals surface area (Å²) < 4.78 is 0. The number of carboxylic acid groups (broad SMARTS) is 1. The van der Waals surface area contributed by atoms with Crippen LogP contribution in [0.4, 0.5) is 4.79 Å². The molecule has 0 fully saturated rings. The van der Waals surface area contributed by atoms with Crippen molar-refractivity contribution >= 4 is 23.3 Å². The van der Waals surface area contributed by atoms with E-state index < -0.39 is 5.97 Å². The lowest BCUT2D eigenvalue weighted by molar-refractivity contribution is -0.138. The highest BCUT2D eigenvalue weighted by Gasteiger charge is 2.17. The second-order valence-corrected chi connectivity index (χ2v) is 6.47. The lowest BCUT2D eigenvalue weighted by atomic mass is 9.94. The van der Waals surface area contributed by atoms with Crippen molar-refractivity contribution in [3.63, 3.8) is 0 Å². The van der Waals surface area contributed by atoms with Gasteiger partial charge in [-0.15, -0.1) is 11.3 Å². The van der Waals surface area contributed by atoms with E-state index in [1.807, 2.05) is 26.2 Å². The number of aromatic nitrogens is 1. The van der Waals surface area contributed by atoms with Crippen LogP contribution in [0.1, 0.15) is 44.7 Å². The van der Waals surface area contributed by atoms with Gasteiger partial charge in [0.1, 0.15) is 5.01 Å². The van der Waals surface area contributed by atoms with Gasteiger partial charge in [-0.25, -0.2) is 9.78 Å². The molecule has 0 aliphatic rings. The molecule has 1 aromatic rings. The van der Waals surface area contributed by atoms with Gasteiger partial charge in [-0.3, -0.25) is 4.79 Å². The van der Waals surface area contributed by atoms with Gasteiger partial charge in [0.05, 0.1) is 6.04 Å². The van der Waals surface area contributed by atoms with Gasteiger partial charge >= 0.3 is 12.0 Å². The summed E-state index contributed by atoms with van der Waals surface area (Å²) in [6.07, 6.45) is 2.54. The van der Waals surface area contributed by atoms with Crippen molar-refractivity contribution in [3.8, 4) is 0 Å². The third-order valence-electron chi connectivity index (χ3n) is 2.99. The van der Waals surface area contributed by atoms with Gasteiger partial charge in [0.25, 0.3) is 0 Å². The molecule has 0 aliphatic carbocycles. The number of carboxylic acids is 1. The molecule has 0 saturated heterocycles. The Bertz CT molecular complexity index is 448. The quantitative estimate of drug-likeness (QED) is 0.688. The maximum absolute atomic E-state index is 11.8. The average molecular weight is 313 g/mol. The summed E-state index contributed by atoms with van der Waals surface area (Å²) >= 11 is 1.48. The first kappa shape index (κ1) is 17.4. The smallest absolute Gasteiger partial charge is 0.315 e. The van der Waals surface area contributed by atoms with Crippen LogP contribution >= 0.6 is 11.3 Å². The minimum Gasteiger partial charge on any atom is -0.481 e. The predicted molar refractivity (Wildman–Crippen MR) is 82.3 cm³/mol. The van der Waals surface area contributed by atoms with Crippen LogP contribution in [0.2, 0.25) is 0 Å². The van der Waals surface area contributed by atoms with Crippen molar-refractivity contribution in [1.82, 2.24) is 15.6 Å². The molecule has 1 aromatic heterocycles. The second kappa shape index (κ2) is 8.61. The minimum atomic E-state index is -0.834. The highest BCUT2D eigenvalue weighted by Crippen LogP contribution is 2.16. The standard InChI is InChI=1S/C14H23N3O3S/c1-9(2)6-11(7-12(18)19)8-16-14(20)17-10(3)13-15-4-5-21-13/h4-5,9-11H,6-8H2,1-3H3,(H,18,19)(H2,16,17,20)/t10?,11-/m0/s1. The van der Waals surface area contributed by atoms with Crippen LogP contribution in [0.15, 0.2) is 11.6 Å². The maximum atomic E-state index is 11.8. The lowest BCUT2D eigenvalue weighted by Gasteiger charge is -2.19. The summed E-state index contributed by atoms with van der Waals surface area (Å²) in [4.78, 5) is 26.8. The van der Waals surface area contributed by atoms with Crippen molar-refractivity contribution in [1.29, 1.82) is 0 Å². The van der Waals surface area contributed by atoms with Crippen LogP contribution in [0, 0.1) is 11.8 Å². The zero-order chi connectivity index (χ0) is 15.8. The molecule has 0 radical (unpaired) electrons. The predicted octanol–water partition coefficient (Wildman–Crippen LogP) is 2.64. The Morgan fingerprint density at radius 1 is 1.38 bits per heavy atom. The van der Waals surface area contributed by atoms with E-state index in [0.29, 0.717) is 12.5 Å². The minimum absolute atomic E-state index is 0.0524. The molecule has 3 N–H and O–H groups in total. The number of aliphatic carboxylic acids is 1. The van der Waals surface area contributed by atoms with E-state index in [9.17, 15) is 9.59 Å². The van der Waals surface area contributed by atoms with E-state index in [4.69, 9.17) is 5.11 Å².